The standard InChI is InChI=1S/C20H28N2O4/c1-5-9-17-12-13-22(20(17,15-21(2)3)18(23)25-4)19(24)26-14-16-10-7-6-8-11-16/h5-8,10-11,17H,1,9,12-15H2,2-4H3/t17-,20+/m1/s1. The van der Waals surface area contributed by atoms with Crippen LogP contribution in [0.4, 0.5) is 4.79 Å². The SMILES string of the molecule is C=CC[C@@H]1CCN(C(=O)OCc2ccccc2)[C@]1(CN(C)C)C(=O)OC. The second-order valence-corrected chi connectivity index (χ2v) is 6.86. The summed E-state index contributed by atoms with van der Waals surface area (Å²) in [5.74, 6) is -0.466. The van der Waals surface area contributed by atoms with Crippen molar-refractivity contribution in [2.24, 2.45) is 5.92 Å². The van der Waals surface area contributed by atoms with Crippen molar-refractivity contribution in [1.82, 2.24) is 9.80 Å². The molecule has 2 rings (SSSR count). The average molecular weight is 360 g/mol. The van der Waals surface area contributed by atoms with Crippen molar-refractivity contribution >= 4 is 12.1 Å². The van der Waals surface area contributed by atoms with Gasteiger partial charge in [0.05, 0.1) is 7.11 Å². The van der Waals surface area contributed by atoms with Crippen LogP contribution in [-0.4, -0.2) is 61.7 Å². The average Bonchev–Trinajstić information content (AvgIpc) is 2.98. The monoisotopic (exact) mass is 360 g/mol. The van der Waals surface area contributed by atoms with Crippen molar-refractivity contribution in [3.8, 4) is 0 Å². The summed E-state index contributed by atoms with van der Waals surface area (Å²) in [5, 5.41) is 0. The van der Waals surface area contributed by atoms with Gasteiger partial charge in [0.15, 0.2) is 5.54 Å². The molecule has 2 atom stereocenters. The lowest BCUT2D eigenvalue weighted by Gasteiger charge is -2.40. The largest absolute Gasteiger partial charge is 0.467 e. The number of ether oxygens (including phenoxy) is 2. The molecule has 142 valence electrons. The van der Waals surface area contributed by atoms with Crippen LogP contribution in [0.1, 0.15) is 18.4 Å². The van der Waals surface area contributed by atoms with Crippen molar-refractivity contribution in [1.29, 1.82) is 0 Å². The van der Waals surface area contributed by atoms with Gasteiger partial charge >= 0.3 is 12.1 Å². The van der Waals surface area contributed by atoms with Gasteiger partial charge in [0.1, 0.15) is 6.61 Å². The van der Waals surface area contributed by atoms with E-state index < -0.39 is 17.6 Å². The van der Waals surface area contributed by atoms with Crippen LogP contribution in [0.2, 0.25) is 0 Å². The van der Waals surface area contributed by atoms with Gasteiger partial charge in [-0.15, -0.1) is 6.58 Å². The molecule has 0 unspecified atom stereocenters. The summed E-state index contributed by atoms with van der Waals surface area (Å²) in [6.45, 7) is 4.79. The Hall–Kier alpha value is -2.34. The zero-order chi connectivity index (χ0) is 19.2. The van der Waals surface area contributed by atoms with Crippen molar-refractivity contribution in [2.75, 3.05) is 34.3 Å². The fraction of sp³-hybridized carbons (Fsp3) is 0.500. The molecule has 1 aliphatic rings. The van der Waals surface area contributed by atoms with E-state index in [1.807, 2.05) is 49.3 Å². The highest BCUT2D eigenvalue weighted by Crippen LogP contribution is 2.39. The molecule has 0 radical (unpaired) electrons. The maximum absolute atomic E-state index is 12.8. The van der Waals surface area contributed by atoms with E-state index in [9.17, 15) is 9.59 Å². The molecule has 1 amide bonds. The van der Waals surface area contributed by atoms with Crippen LogP contribution in [-0.2, 0) is 20.9 Å². The molecule has 1 saturated heterocycles. The molecular formula is C20H28N2O4. The lowest BCUT2D eigenvalue weighted by Crippen LogP contribution is -2.62. The second-order valence-electron chi connectivity index (χ2n) is 6.86. The van der Waals surface area contributed by atoms with Crippen LogP contribution < -0.4 is 0 Å². The number of rotatable bonds is 7. The number of likely N-dealkylation sites (N-methyl/N-ethyl adjacent to an activating group) is 1. The summed E-state index contributed by atoms with van der Waals surface area (Å²) >= 11 is 0. The Labute approximate surface area is 155 Å². The van der Waals surface area contributed by atoms with Crippen molar-refractivity contribution < 1.29 is 19.1 Å². The Morgan fingerprint density at radius 3 is 2.62 bits per heavy atom. The normalized spacial score (nSPS) is 22.3. The number of carbonyl (C=O) groups is 2. The molecule has 0 spiro atoms. The molecule has 6 nitrogen and oxygen atoms in total. The highest BCUT2D eigenvalue weighted by molar-refractivity contribution is 5.87. The minimum atomic E-state index is -1.07. The highest BCUT2D eigenvalue weighted by atomic mass is 16.6. The van der Waals surface area contributed by atoms with Crippen molar-refractivity contribution in [3.05, 3.63) is 48.6 Å². The molecular weight excluding hydrogens is 332 g/mol. The minimum absolute atomic E-state index is 0.0564. The third-order valence-electron chi connectivity index (χ3n) is 4.83. The highest BCUT2D eigenvalue weighted by Gasteiger charge is 2.57. The molecule has 1 aromatic rings. The zero-order valence-electron chi connectivity index (χ0n) is 15.8. The molecule has 0 N–H and O–H groups in total. The van der Waals surface area contributed by atoms with Gasteiger partial charge in [-0.2, -0.15) is 0 Å². The smallest absolute Gasteiger partial charge is 0.411 e. The number of likely N-dealkylation sites (tertiary alicyclic amines) is 1. The lowest BCUT2D eigenvalue weighted by molar-refractivity contribution is -0.156. The number of nitrogens with zero attached hydrogens (tertiary/aromatic N) is 2. The summed E-state index contributed by atoms with van der Waals surface area (Å²) in [6.07, 6.45) is 2.63. The van der Waals surface area contributed by atoms with Crippen molar-refractivity contribution in [3.63, 3.8) is 0 Å². The predicted octanol–water partition coefficient (Wildman–Crippen LogP) is 2.69. The Bertz CT molecular complexity index is 632. The molecule has 1 aromatic carbocycles. The molecule has 1 fully saturated rings. The number of esters is 1. The van der Waals surface area contributed by atoms with Gasteiger partial charge in [0.25, 0.3) is 0 Å². The number of hydrogen-bond acceptors (Lipinski definition) is 5. The predicted molar refractivity (Wildman–Crippen MR) is 99.6 cm³/mol. The molecule has 1 aliphatic heterocycles. The number of allylic oxidation sites excluding steroid dienone is 1. The van der Waals surface area contributed by atoms with Gasteiger partial charge in [-0.05, 0) is 38.4 Å². The van der Waals surface area contributed by atoms with E-state index in [0.717, 1.165) is 5.56 Å². The molecule has 0 aromatic heterocycles. The van der Waals surface area contributed by atoms with Crippen LogP contribution >= 0.6 is 0 Å². The summed E-state index contributed by atoms with van der Waals surface area (Å²) in [5.41, 5.74) is -0.167. The first-order valence-corrected chi connectivity index (χ1v) is 8.78. The molecule has 1 heterocycles. The Morgan fingerprint density at radius 1 is 1.35 bits per heavy atom. The third-order valence-corrected chi connectivity index (χ3v) is 4.83. The van der Waals surface area contributed by atoms with E-state index in [-0.39, 0.29) is 12.5 Å². The van der Waals surface area contributed by atoms with E-state index >= 15 is 0 Å². The molecule has 0 saturated carbocycles. The number of benzene rings is 1. The van der Waals surface area contributed by atoms with E-state index in [0.29, 0.717) is 25.9 Å². The molecule has 0 bridgehead atoms. The first-order chi connectivity index (χ1) is 12.5. The minimum Gasteiger partial charge on any atom is -0.467 e. The lowest BCUT2D eigenvalue weighted by atomic mass is 9.82. The maximum Gasteiger partial charge on any atom is 0.411 e. The summed E-state index contributed by atoms with van der Waals surface area (Å²) in [4.78, 5) is 29.1. The van der Waals surface area contributed by atoms with Crippen LogP contribution in [0, 0.1) is 5.92 Å². The number of hydrogen-bond donors (Lipinski definition) is 0. The maximum atomic E-state index is 12.8. The fourth-order valence-electron chi connectivity index (χ4n) is 3.72. The van der Waals surface area contributed by atoms with E-state index in [2.05, 4.69) is 6.58 Å². The summed E-state index contributed by atoms with van der Waals surface area (Å²) < 4.78 is 10.6. The third kappa shape index (κ3) is 4.07. The van der Waals surface area contributed by atoms with Crippen LogP contribution in [0.15, 0.2) is 43.0 Å². The van der Waals surface area contributed by atoms with Crippen LogP contribution in [0.25, 0.3) is 0 Å². The molecule has 26 heavy (non-hydrogen) atoms. The van der Waals surface area contributed by atoms with Gasteiger partial charge < -0.3 is 14.4 Å². The van der Waals surface area contributed by atoms with Gasteiger partial charge in [-0.3, -0.25) is 4.90 Å². The van der Waals surface area contributed by atoms with Gasteiger partial charge in [0, 0.05) is 13.1 Å². The number of carbonyl (C=O) groups excluding carboxylic acids is 2. The Balaban J connectivity index is 2.26. The first-order valence-electron chi connectivity index (χ1n) is 8.78. The topological polar surface area (TPSA) is 59.1 Å². The van der Waals surface area contributed by atoms with Crippen LogP contribution in [0.5, 0.6) is 0 Å². The van der Waals surface area contributed by atoms with Gasteiger partial charge in [0.2, 0.25) is 0 Å². The van der Waals surface area contributed by atoms with Gasteiger partial charge in [-0.25, -0.2) is 9.59 Å². The summed E-state index contributed by atoms with van der Waals surface area (Å²) in [6, 6.07) is 9.48. The van der Waals surface area contributed by atoms with Gasteiger partial charge in [-0.1, -0.05) is 36.4 Å². The second kappa shape index (κ2) is 8.85. The summed E-state index contributed by atoms with van der Waals surface area (Å²) in [7, 11) is 5.11. The van der Waals surface area contributed by atoms with E-state index in [4.69, 9.17) is 9.47 Å². The Morgan fingerprint density at radius 2 is 2.04 bits per heavy atom. The zero-order valence-corrected chi connectivity index (χ0v) is 15.8. The number of amides is 1. The van der Waals surface area contributed by atoms with Crippen molar-refractivity contribution in [2.45, 2.75) is 25.0 Å². The van der Waals surface area contributed by atoms with E-state index in [1.54, 1.807) is 6.08 Å². The number of methoxy groups -OCH3 is 1. The first kappa shape index (κ1) is 20.0. The Kier molecular flexibility index (Phi) is 6.80. The van der Waals surface area contributed by atoms with E-state index in [1.165, 1.54) is 12.0 Å². The van der Waals surface area contributed by atoms with Crippen LogP contribution in [0.3, 0.4) is 0 Å². The fourth-order valence-corrected chi connectivity index (χ4v) is 3.72. The quantitative estimate of drug-likeness (QED) is 0.553. The molecule has 0 aliphatic carbocycles. The molecule has 6 heteroatoms.